The summed E-state index contributed by atoms with van der Waals surface area (Å²) in [7, 11) is 5.59. The van der Waals surface area contributed by atoms with E-state index >= 15 is 0 Å². The molecule has 0 aromatic heterocycles. The zero-order valence-electron chi connectivity index (χ0n) is 19.2. The van der Waals surface area contributed by atoms with Gasteiger partial charge in [-0.25, -0.2) is 9.59 Å². The molecule has 0 radical (unpaired) electrons. The van der Waals surface area contributed by atoms with Crippen molar-refractivity contribution in [2.45, 2.75) is 25.0 Å². The van der Waals surface area contributed by atoms with E-state index in [0.29, 0.717) is 27.8 Å². The molecule has 0 spiro atoms. The smallest absolute Gasteiger partial charge is 0.338 e. The topological polar surface area (TPSA) is 127 Å². The summed E-state index contributed by atoms with van der Waals surface area (Å²) in [6.07, 6.45) is 0. The van der Waals surface area contributed by atoms with E-state index in [9.17, 15) is 14.4 Å². The Kier molecular flexibility index (Phi) is 7.11. The maximum Gasteiger partial charge on any atom is 0.338 e. The molecule has 0 unspecified atom stereocenters. The zero-order valence-corrected chi connectivity index (χ0v) is 20.0. The fraction of sp³-hybridized carbons (Fsp3) is 0.409. The second kappa shape index (κ2) is 9.65. The molecule has 0 bridgehead atoms. The van der Waals surface area contributed by atoms with E-state index in [1.54, 1.807) is 26.0 Å². The number of thioether (sulfide) groups is 1. The third kappa shape index (κ3) is 3.97. The number of carbonyl (C=O) groups is 3. The minimum Gasteiger partial charge on any atom is -0.493 e. The van der Waals surface area contributed by atoms with Crippen molar-refractivity contribution in [2.75, 3.05) is 35.0 Å². The average molecular weight is 479 g/mol. The molecule has 1 aromatic carbocycles. The number of methoxy groups -OCH3 is 4. The van der Waals surface area contributed by atoms with Crippen molar-refractivity contribution in [1.29, 1.82) is 0 Å². The van der Waals surface area contributed by atoms with Crippen molar-refractivity contribution in [3.63, 3.8) is 0 Å². The van der Waals surface area contributed by atoms with E-state index in [2.05, 4.69) is 0 Å². The van der Waals surface area contributed by atoms with Gasteiger partial charge in [0.05, 0.1) is 62.4 Å². The summed E-state index contributed by atoms with van der Waals surface area (Å²) < 4.78 is 26.6. The predicted octanol–water partition coefficient (Wildman–Crippen LogP) is 1.89. The van der Waals surface area contributed by atoms with Gasteiger partial charge in [-0.05, 0) is 31.5 Å². The number of fused-ring (bicyclic) bond motifs is 1. The lowest BCUT2D eigenvalue weighted by Gasteiger charge is -2.33. The highest BCUT2D eigenvalue weighted by atomic mass is 32.2. The number of hydrogen-bond donors (Lipinski definition) is 1. The minimum absolute atomic E-state index is 0.0571. The lowest BCUT2D eigenvalue weighted by molar-refractivity contribution is -0.139. The Morgan fingerprint density at radius 1 is 1.03 bits per heavy atom. The first kappa shape index (κ1) is 24.3. The number of benzene rings is 1. The molecule has 2 heterocycles. The van der Waals surface area contributed by atoms with E-state index in [0.717, 1.165) is 0 Å². The van der Waals surface area contributed by atoms with E-state index in [1.165, 1.54) is 45.1 Å². The molecule has 2 atom stereocenters. The summed E-state index contributed by atoms with van der Waals surface area (Å²) in [6, 6.07) is 3.23. The zero-order chi connectivity index (χ0) is 24.4. The van der Waals surface area contributed by atoms with Crippen LogP contribution in [0.25, 0.3) is 0 Å². The van der Waals surface area contributed by atoms with Crippen LogP contribution in [0.15, 0.2) is 34.1 Å². The summed E-state index contributed by atoms with van der Waals surface area (Å²) in [5, 5.41) is -0.205. The molecule has 1 saturated heterocycles. The quantitative estimate of drug-likeness (QED) is 0.581. The number of rotatable bonds is 7. The van der Waals surface area contributed by atoms with Crippen LogP contribution in [0.5, 0.6) is 17.2 Å². The summed E-state index contributed by atoms with van der Waals surface area (Å²) >= 11 is 1.17. The molecule has 1 amide bonds. The van der Waals surface area contributed by atoms with Crippen LogP contribution in [-0.4, -0.2) is 63.0 Å². The van der Waals surface area contributed by atoms with Gasteiger partial charge >= 0.3 is 11.9 Å². The van der Waals surface area contributed by atoms with Gasteiger partial charge in [0, 0.05) is 0 Å². The van der Waals surface area contributed by atoms with Gasteiger partial charge in [0.15, 0.2) is 11.5 Å². The van der Waals surface area contributed by atoms with Crippen molar-refractivity contribution in [3.05, 3.63) is 39.7 Å². The van der Waals surface area contributed by atoms with Crippen LogP contribution in [0.1, 0.15) is 25.3 Å². The number of nitrogens with zero attached hydrogens (tertiary/aromatic N) is 1. The average Bonchev–Trinajstić information content (AvgIpc) is 3.11. The van der Waals surface area contributed by atoms with Crippen LogP contribution in [0.2, 0.25) is 0 Å². The van der Waals surface area contributed by atoms with E-state index in [4.69, 9.17) is 29.4 Å². The fourth-order valence-electron chi connectivity index (χ4n) is 3.85. The lowest BCUT2D eigenvalue weighted by atomic mass is 9.82. The van der Waals surface area contributed by atoms with Gasteiger partial charge in [0.2, 0.25) is 11.7 Å². The van der Waals surface area contributed by atoms with Crippen LogP contribution in [0.4, 0.5) is 0 Å². The molecule has 2 aliphatic heterocycles. The number of nitrogens with two attached hydrogens (primary N) is 1. The molecule has 0 saturated carbocycles. The fourth-order valence-corrected chi connectivity index (χ4v) is 5.01. The summed E-state index contributed by atoms with van der Waals surface area (Å²) in [5.41, 5.74) is 6.85. The number of esters is 2. The molecule has 33 heavy (non-hydrogen) atoms. The second-order valence-corrected chi connectivity index (χ2v) is 8.38. The molecule has 1 aromatic rings. The lowest BCUT2D eigenvalue weighted by Crippen LogP contribution is -2.40. The highest BCUT2D eigenvalue weighted by Crippen LogP contribution is 2.51. The molecule has 10 nitrogen and oxygen atoms in total. The summed E-state index contributed by atoms with van der Waals surface area (Å²) in [5.74, 6) is -1.97. The Balaban J connectivity index is 2.38. The molecule has 1 fully saturated rings. The van der Waals surface area contributed by atoms with Gasteiger partial charge in [-0.3, -0.25) is 9.69 Å². The third-order valence-corrected chi connectivity index (χ3v) is 6.49. The van der Waals surface area contributed by atoms with Crippen LogP contribution in [0, 0.1) is 0 Å². The van der Waals surface area contributed by atoms with E-state index in [-0.39, 0.29) is 29.5 Å². The molecule has 2 N–H and O–H groups in total. The highest BCUT2D eigenvalue weighted by molar-refractivity contribution is 8.04. The number of carbonyl (C=O) groups excluding carboxylic acids is 3. The van der Waals surface area contributed by atoms with Crippen molar-refractivity contribution in [2.24, 2.45) is 5.73 Å². The van der Waals surface area contributed by atoms with Crippen LogP contribution in [-0.2, 0) is 23.9 Å². The first-order valence-corrected chi connectivity index (χ1v) is 10.9. The van der Waals surface area contributed by atoms with E-state index in [1.807, 2.05) is 0 Å². The van der Waals surface area contributed by atoms with Crippen molar-refractivity contribution >= 4 is 29.6 Å². The Labute approximate surface area is 195 Å². The monoisotopic (exact) mass is 478 g/mol. The van der Waals surface area contributed by atoms with Crippen LogP contribution < -0.4 is 19.9 Å². The Morgan fingerprint density at radius 2 is 1.64 bits per heavy atom. The van der Waals surface area contributed by atoms with Crippen molar-refractivity contribution in [3.8, 4) is 17.2 Å². The number of hydrogen-bond acceptors (Lipinski definition) is 10. The van der Waals surface area contributed by atoms with Gasteiger partial charge in [-0.2, -0.15) is 0 Å². The van der Waals surface area contributed by atoms with Crippen LogP contribution in [0.3, 0.4) is 0 Å². The van der Waals surface area contributed by atoms with Gasteiger partial charge in [-0.1, -0.05) is 11.8 Å². The Bertz CT molecular complexity index is 1040. The molecule has 178 valence electrons. The third-order valence-electron chi connectivity index (χ3n) is 5.31. The predicted molar refractivity (Wildman–Crippen MR) is 120 cm³/mol. The summed E-state index contributed by atoms with van der Waals surface area (Å²) in [4.78, 5) is 40.2. The van der Waals surface area contributed by atoms with E-state index < -0.39 is 23.1 Å². The first-order chi connectivity index (χ1) is 15.7. The molecule has 3 rings (SSSR count). The molecular formula is C22H26N2O8S. The maximum absolute atomic E-state index is 13.1. The standard InChI is InChI=1S/C22H26N2O8S/c1-7-32-22(27)15-14(11-8-12(28-3)17(30-5)13(9-11)29-4)16(21(26)31-6)20-24(18(15)23)19(25)10(2)33-20/h8-10,14H,7,23H2,1-6H3/t10-,14+/m0/s1. The SMILES string of the molecule is CCOC(=O)C1=C(N)N2C(=O)[C@H](C)SC2=C(C(=O)OC)[C@@H]1c1cc(OC)c(OC)c(OC)c1. The Morgan fingerprint density at radius 3 is 2.12 bits per heavy atom. The first-order valence-electron chi connectivity index (χ1n) is 10.0. The van der Waals surface area contributed by atoms with Gasteiger partial charge in [0.25, 0.3) is 0 Å². The molecule has 2 aliphatic rings. The second-order valence-electron chi connectivity index (χ2n) is 7.06. The van der Waals surface area contributed by atoms with Crippen LogP contribution >= 0.6 is 11.8 Å². The summed E-state index contributed by atoms with van der Waals surface area (Å²) in [6.45, 7) is 3.41. The Hall–Kier alpha value is -3.34. The van der Waals surface area contributed by atoms with Crippen molar-refractivity contribution in [1.82, 2.24) is 4.90 Å². The molecule has 11 heteroatoms. The minimum atomic E-state index is -1.01. The highest BCUT2D eigenvalue weighted by Gasteiger charge is 2.49. The molecule has 0 aliphatic carbocycles. The largest absolute Gasteiger partial charge is 0.493 e. The number of amides is 1. The number of ether oxygens (including phenoxy) is 5. The van der Waals surface area contributed by atoms with Gasteiger partial charge in [0.1, 0.15) is 5.82 Å². The normalized spacial score (nSPS) is 19.9. The molecular weight excluding hydrogens is 452 g/mol. The maximum atomic E-state index is 13.1. The van der Waals surface area contributed by atoms with Crippen molar-refractivity contribution < 1.29 is 38.1 Å². The van der Waals surface area contributed by atoms with Gasteiger partial charge in [-0.15, -0.1) is 0 Å². The van der Waals surface area contributed by atoms with Gasteiger partial charge < -0.3 is 29.4 Å².